The number of pyridine rings is 1. The number of hydrogen-bond acceptors (Lipinski definition) is 4. The van der Waals surface area contributed by atoms with Gasteiger partial charge in [-0.1, -0.05) is 11.6 Å². The Hall–Kier alpha value is -1.52. The van der Waals surface area contributed by atoms with Crippen molar-refractivity contribution in [3.05, 3.63) is 44.6 Å². The molecule has 2 rings (SSSR count). The SMILES string of the molecule is N#Cc1ccnc(Nc2ccc(I)cc2Cl)c1N. The maximum atomic E-state index is 8.89. The van der Waals surface area contributed by atoms with Gasteiger partial charge in [0, 0.05) is 9.77 Å². The summed E-state index contributed by atoms with van der Waals surface area (Å²) in [7, 11) is 0. The molecule has 4 nitrogen and oxygen atoms in total. The van der Waals surface area contributed by atoms with E-state index in [1.54, 1.807) is 6.07 Å². The van der Waals surface area contributed by atoms with Gasteiger partial charge >= 0.3 is 0 Å². The van der Waals surface area contributed by atoms with Gasteiger partial charge in [-0.15, -0.1) is 0 Å². The van der Waals surface area contributed by atoms with E-state index in [0.717, 1.165) is 3.57 Å². The minimum Gasteiger partial charge on any atom is -0.395 e. The number of halogens is 2. The summed E-state index contributed by atoms with van der Waals surface area (Å²) in [5.41, 5.74) is 7.23. The molecule has 2 aromatic rings. The summed E-state index contributed by atoms with van der Waals surface area (Å²) in [5, 5.41) is 12.5. The van der Waals surface area contributed by atoms with Gasteiger partial charge in [-0.2, -0.15) is 5.26 Å². The topological polar surface area (TPSA) is 74.7 Å². The van der Waals surface area contributed by atoms with Gasteiger partial charge < -0.3 is 11.1 Å². The fourth-order valence-corrected chi connectivity index (χ4v) is 2.29. The average Bonchev–Trinajstić information content (AvgIpc) is 2.35. The molecule has 0 amide bonds. The van der Waals surface area contributed by atoms with E-state index in [1.807, 2.05) is 24.3 Å². The lowest BCUT2D eigenvalue weighted by Crippen LogP contribution is -2.01. The summed E-state index contributed by atoms with van der Waals surface area (Å²) in [6.07, 6.45) is 1.53. The predicted molar refractivity (Wildman–Crippen MR) is 80.8 cm³/mol. The van der Waals surface area contributed by atoms with Crippen LogP contribution >= 0.6 is 34.2 Å². The van der Waals surface area contributed by atoms with Crippen molar-refractivity contribution in [2.45, 2.75) is 0 Å². The molecule has 0 fully saturated rings. The first-order chi connectivity index (χ1) is 8.61. The molecular formula is C12H8ClIN4. The highest BCUT2D eigenvalue weighted by atomic mass is 127. The summed E-state index contributed by atoms with van der Waals surface area (Å²) < 4.78 is 1.04. The Bertz CT molecular complexity index is 636. The minimum atomic E-state index is 0.314. The molecule has 90 valence electrons. The van der Waals surface area contributed by atoms with Crippen molar-refractivity contribution in [2.75, 3.05) is 11.1 Å². The van der Waals surface area contributed by atoms with Gasteiger partial charge in [-0.05, 0) is 46.9 Å². The van der Waals surface area contributed by atoms with Gasteiger partial charge in [-0.3, -0.25) is 0 Å². The second kappa shape index (κ2) is 5.42. The van der Waals surface area contributed by atoms with Crippen molar-refractivity contribution < 1.29 is 0 Å². The molecule has 0 bridgehead atoms. The third-order valence-corrected chi connectivity index (χ3v) is 3.28. The number of anilines is 3. The zero-order chi connectivity index (χ0) is 13.1. The molecule has 0 aliphatic rings. The molecule has 0 unspecified atom stereocenters. The molecule has 0 spiro atoms. The number of rotatable bonds is 2. The van der Waals surface area contributed by atoms with Crippen LogP contribution < -0.4 is 11.1 Å². The van der Waals surface area contributed by atoms with E-state index >= 15 is 0 Å². The van der Waals surface area contributed by atoms with E-state index in [2.05, 4.69) is 32.9 Å². The number of benzene rings is 1. The van der Waals surface area contributed by atoms with E-state index in [1.165, 1.54) is 6.20 Å². The lowest BCUT2D eigenvalue weighted by Gasteiger charge is -2.10. The second-order valence-electron chi connectivity index (χ2n) is 3.48. The van der Waals surface area contributed by atoms with E-state index in [-0.39, 0.29) is 0 Å². The lowest BCUT2D eigenvalue weighted by molar-refractivity contribution is 1.30. The van der Waals surface area contributed by atoms with Crippen LogP contribution in [-0.2, 0) is 0 Å². The second-order valence-corrected chi connectivity index (χ2v) is 5.13. The van der Waals surface area contributed by atoms with Crippen LogP contribution in [0.2, 0.25) is 5.02 Å². The largest absolute Gasteiger partial charge is 0.395 e. The molecular weight excluding hydrogens is 363 g/mol. The first kappa shape index (κ1) is 12.9. The number of nitrogens with two attached hydrogens (primary N) is 1. The Kier molecular flexibility index (Phi) is 3.89. The molecule has 1 aromatic heterocycles. The quantitative estimate of drug-likeness (QED) is 0.793. The molecule has 0 aliphatic heterocycles. The van der Waals surface area contributed by atoms with Crippen LogP contribution in [0.3, 0.4) is 0 Å². The number of nitrogens with one attached hydrogen (secondary N) is 1. The van der Waals surface area contributed by atoms with Crippen molar-refractivity contribution in [1.82, 2.24) is 4.98 Å². The van der Waals surface area contributed by atoms with Crippen molar-refractivity contribution in [1.29, 1.82) is 5.26 Å². The summed E-state index contributed by atoms with van der Waals surface area (Å²) in [5.74, 6) is 0.428. The van der Waals surface area contributed by atoms with Crippen LogP contribution in [0.4, 0.5) is 17.2 Å². The Morgan fingerprint density at radius 1 is 1.39 bits per heavy atom. The van der Waals surface area contributed by atoms with Crippen molar-refractivity contribution in [3.8, 4) is 6.07 Å². The van der Waals surface area contributed by atoms with E-state index in [4.69, 9.17) is 22.6 Å². The zero-order valence-electron chi connectivity index (χ0n) is 9.11. The summed E-state index contributed by atoms with van der Waals surface area (Å²) >= 11 is 8.28. The Labute approximate surface area is 123 Å². The van der Waals surface area contributed by atoms with E-state index in [0.29, 0.717) is 27.8 Å². The normalized spacial score (nSPS) is 9.83. The maximum Gasteiger partial charge on any atom is 0.154 e. The van der Waals surface area contributed by atoms with Crippen molar-refractivity contribution in [3.63, 3.8) is 0 Å². The number of hydrogen-bond donors (Lipinski definition) is 2. The molecule has 0 atom stereocenters. The summed E-state index contributed by atoms with van der Waals surface area (Å²) in [6, 6.07) is 9.15. The standard InChI is InChI=1S/C12H8ClIN4/c13-9-5-8(14)1-2-10(9)18-12-11(16)7(6-15)3-4-17-12/h1-5H,16H2,(H,17,18). The molecule has 0 radical (unpaired) electrons. The molecule has 0 saturated carbocycles. The molecule has 0 aliphatic carbocycles. The van der Waals surface area contributed by atoms with E-state index < -0.39 is 0 Å². The van der Waals surface area contributed by atoms with Gasteiger partial charge in [0.1, 0.15) is 6.07 Å². The Morgan fingerprint density at radius 3 is 2.83 bits per heavy atom. The lowest BCUT2D eigenvalue weighted by atomic mass is 10.2. The maximum absolute atomic E-state index is 8.89. The predicted octanol–water partition coefficient (Wildman–Crippen LogP) is 3.54. The van der Waals surface area contributed by atoms with Crippen LogP contribution in [0, 0.1) is 14.9 Å². The van der Waals surface area contributed by atoms with Crippen LogP contribution in [-0.4, -0.2) is 4.98 Å². The molecule has 1 heterocycles. The van der Waals surface area contributed by atoms with Crippen LogP contribution in [0.5, 0.6) is 0 Å². The zero-order valence-corrected chi connectivity index (χ0v) is 12.0. The molecule has 0 saturated heterocycles. The number of nitrogen functional groups attached to an aromatic ring is 1. The van der Waals surface area contributed by atoms with Gasteiger partial charge in [-0.25, -0.2) is 4.98 Å². The van der Waals surface area contributed by atoms with Gasteiger partial charge in [0.25, 0.3) is 0 Å². The minimum absolute atomic E-state index is 0.314. The summed E-state index contributed by atoms with van der Waals surface area (Å²) in [4.78, 5) is 4.10. The third kappa shape index (κ3) is 2.66. The monoisotopic (exact) mass is 370 g/mol. The number of aromatic nitrogens is 1. The highest BCUT2D eigenvalue weighted by Crippen LogP contribution is 2.29. The van der Waals surface area contributed by atoms with Gasteiger partial charge in [0.15, 0.2) is 5.82 Å². The van der Waals surface area contributed by atoms with Crippen molar-refractivity contribution >= 4 is 51.4 Å². The Balaban J connectivity index is 2.38. The molecule has 18 heavy (non-hydrogen) atoms. The molecule has 3 N–H and O–H groups in total. The van der Waals surface area contributed by atoms with Gasteiger partial charge in [0.05, 0.1) is 22.0 Å². The Morgan fingerprint density at radius 2 is 2.17 bits per heavy atom. The highest BCUT2D eigenvalue weighted by molar-refractivity contribution is 14.1. The smallest absolute Gasteiger partial charge is 0.154 e. The third-order valence-electron chi connectivity index (χ3n) is 2.29. The van der Waals surface area contributed by atoms with Crippen molar-refractivity contribution in [2.24, 2.45) is 0 Å². The molecule has 6 heteroatoms. The highest BCUT2D eigenvalue weighted by Gasteiger charge is 2.08. The van der Waals surface area contributed by atoms with Crippen LogP contribution in [0.25, 0.3) is 0 Å². The van der Waals surface area contributed by atoms with Gasteiger partial charge in [0.2, 0.25) is 0 Å². The fraction of sp³-hybridized carbons (Fsp3) is 0. The number of nitriles is 1. The van der Waals surface area contributed by atoms with E-state index in [9.17, 15) is 0 Å². The van der Waals surface area contributed by atoms with Crippen LogP contribution in [0.15, 0.2) is 30.5 Å². The fourth-order valence-electron chi connectivity index (χ4n) is 1.39. The first-order valence-corrected chi connectivity index (χ1v) is 6.44. The van der Waals surface area contributed by atoms with Crippen LogP contribution in [0.1, 0.15) is 5.56 Å². The first-order valence-electron chi connectivity index (χ1n) is 4.98. The average molecular weight is 371 g/mol. The molecule has 1 aromatic carbocycles. The number of nitrogens with zero attached hydrogens (tertiary/aromatic N) is 2. The summed E-state index contributed by atoms with van der Waals surface area (Å²) in [6.45, 7) is 0.